The van der Waals surface area contributed by atoms with Crippen molar-refractivity contribution in [1.29, 1.82) is 0 Å². The molecule has 9 heteroatoms. The highest BCUT2D eigenvalue weighted by Crippen LogP contribution is 2.49. The number of aryl methyl sites for hydroxylation is 1. The van der Waals surface area contributed by atoms with Crippen LogP contribution in [0.5, 0.6) is 0 Å². The van der Waals surface area contributed by atoms with E-state index < -0.39 is 16.9 Å². The summed E-state index contributed by atoms with van der Waals surface area (Å²) in [6, 6.07) is 20.8. The maximum absolute atomic E-state index is 15.3. The Morgan fingerprint density at radius 3 is 2.49 bits per heavy atom. The number of amides is 2. The molecule has 198 valence electrons. The molecule has 4 aromatic rings. The van der Waals surface area contributed by atoms with Gasteiger partial charge in [-0.1, -0.05) is 54.1 Å². The second-order valence-electron chi connectivity index (χ2n) is 9.88. The minimum absolute atomic E-state index is 0.00893. The number of nitrogens with zero attached hydrogens (tertiary/aromatic N) is 3. The Labute approximate surface area is 229 Å². The molecule has 6 rings (SSSR count). The zero-order valence-electron chi connectivity index (χ0n) is 21.2. The molecule has 1 saturated carbocycles. The number of hydrogen-bond acceptors (Lipinski definition) is 4. The van der Waals surface area contributed by atoms with E-state index in [2.05, 4.69) is 5.32 Å². The van der Waals surface area contributed by atoms with Gasteiger partial charge >= 0.3 is 0 Å². The third-order valence-electron chi connectivity index (χ3n) is 6.90. The normalized spacial score (nSPS) is 17.1. The largest absolute Gasteiger partial charge is 0.352 e. The summed E-state index contributed by atoms with van der Waals surface area (Å²) in [5, 5.41) is 7.27. The molecule has 6 nitrogen and oxygen atoms in total. The predicted octanol–water partition coefficient (Wildman–Crippen LogP) is 5.57. The first-order chi connectivity index (χ1) is 18.9. The Hall–Kier alpha value is -3.98. The van der Waals surface area contributed by atoms with Crippen LogP contribution in [0.25, 0.3) is 16.9 Å². The third-order valence-corrected chi connectivity index (χ3v) is 8.14. The molecule has 1 atom stereocenters. The van der Waals surface area contributed by atoms with Crippen LogP contribution in [0.2, 0.25) is 0 Å². The number of rotatable bonds is 6. The molecule has 1 aromatic heterocycles. The molecule has 1 aliphatic carbocycles. The topological polar surface area (TPSA) is 67.2 Å². The van der Waals surface area contributed by atoms with E-state index in [0.717, 1.165) is 30.0 Å². The maximum Gasteiger partial charge on any atom is 0.240 e. The number of thioether (sulfide) groups is 1. The van der Waals surface area contributed by atoms with Gasteiger partial charge in [-0.05, 0) is 38.0 Å². The van der Waals surface area contributed by atoms with E-state index in [-0.39, 0.29) is 35.7 Å². The Balaban J connectivity index is 1.61. The van der Waals surface area contributed by atoms with Crippen molar-refractivity contribution in [2.75, 3.05) is 17.2 Å². The van der Waals surface area contributed by atoms with Crippen LogP contribution in [0, 0.1) is 18.6 Å². The summed E-state index contributed by atoms with van der Waals surface area (Å²) in [5.41, 5.74) is 3.95. The van der Waals surface area contributed by atoms with Crippen LogP contribution in [0.3, 0.4) is 0 Å². The lowest BCUT2D eigenvalue weighted by Crippen LogP contribution is -2.43. The lowest BCUT2D eigenvalue weighted by molar-refractivity contribution is -0.123. The summed E-state index contributed by atoms with van der Waals surface area (Å²) in [6.07, 6.45) is 1.85. The first-order valence-corrected chi connectivity index (χ1v) is 13.9. The monoisotopic (exact) mass is 544 g/mol. The van der Waals surface area contributed by atoms with E-state index in [9.17, 15) is 14.0 Å². The molecule has 1 unspecified atom stereocenters. The summed E-state index contributed by atoms with van der Waals surface area (Å²) in [5.74, 6) is -1.51. The lowest BCUT2D eigenvalue weighted by Gasteiger charge is -2.23. The number of carbonyl (C=O) groups excluding carboxylic acids is 2. The number of benzene rings is 3. The number of halogens is 2. The summed E-state index contributed by atoms with van der Waals surface area (Å²) < 4.78 is 30.8. The zero-order chi connectivity index (χ0) is 27.1. The van der Waals surface area contributed by atoms with E-state index in [1.165, 1.54) is 28.8 Å². The first kappa shape index (κ1) is 25.3. The Bertz CT molecular complexity index is 1550. The fraction of sp³-hybridized carbons (Fsp3) is 0.233. The molecule has 2 heterocycles. The number of nitrogens with one attached hydrogen (secondary N) is 1. The van der Waals surface area contributed by atoms with Crippen molar-refractivity contribution < 1.29 is 18.4 Å². The summed E-state index contributed by atoms with van der Waals surface area (Å²) in [4.78, 5) is 28.1. The van der Waals surface area contributed by atoms with Gasteiger partial charge in [-0.2, -0.15) is 5.10 Å². The first-order valence-electron chi connectivity index (χ1n) is 12.8. The summed E-state index contributed by atoms with van der Waals surface area (Å²) in [6.45, 7) is 1.79. The highest BCUT2D eigenvalue weighted by atomic mass is 32.2. The number of hydrogen-bond donors (Lipinski definition) is 1. The van der Waals surface area contributed by atoms with Crippen LogP contribution in [0.1, 0.15) is 34.8 Å². The van der Waals surface area contributed by atoms with Crippen LogP contribution < -0.4 is 10.2 Å². The minimum atomic E-state index is -0.701. The van der Waals surface area contributed by atoms with Crippen molar-refractivity contribution in [3.8, 4) is 16.9 Å². The number of fused-ring (bicyclic) bond motifs is 1. The molecule has 2 aliphatic rings. The second kappa shape index (κ2) is 10.3. The van der Waals surface area contributed by atoms with Gasteiger partial charge < -0.3 is 5.32 Å². The van der Waals surface area contributed by atoms with E-state index in [1.807, 2.05) is 61.5 Å². The Kier molecular flexibility index (Phi) is 6.68. The standard InChI is InChI=1S/C30H26F2N4O2S/c1-18-7-12-22(13-8-18)36-30-27(28(34-36)19-5-3-2-4-6-19)29(23-14-9-20(31)15-24(23)32)39-17-26(38)35(30)16-25(37)33-21-10-11-21/h2-9,12-15,21,29H,10-11,16-17H2,1H3,(H,33,37). The minimum Gasteiger partial charge on any atom is -0.352 e. The highest BCUT2D eigenvalue weighted by molar-refractivity contribution is 8.00. The quantitative estimate of drug-likeness (QED) is 0.345. The molecule has 1 aliphatic heterocycles. The maximum atomic E-state index is 15.3. The van der Waals surface area contributed by atoms with Crippen molar-refractivity contribution in [2.24, 2.45) is 0 Å². The second-order valence-corrected chi connectivity index (χ2v) is 11.0. The lowest BCUT2D eigenvalue weighted by atomic mass is 9.99. The van der Waals surface area contributed by atoms with Gasteiger partial charge in [0.2, 0.25) is 11.8 Å². The average Bonchev–Trinajstić information content (AvgIpc) is 3.68. The van der Waals surface area contributed by atoms with E-state index in [4.69, 9.17) is 5.10 Å². The summed E-state index contributed by atoms with van der Waals surface area (Å²) >= 11 is 1.25. The molecule has 1 N–H and O–H groups in total. The molecule has 0 radical (unpaired) electrons. The zero-order valence-corrected chi connectivity index (χ0v) is 22.1. The molecule has 3 aromatic carbocycles. The van der Waals surface area contributed by atoms with Crippen LogP contribution in [0.15, 0.2) is 72.8 Å². The molecule has 0 bridgehead atoms. The molecule has 0 saturated heterocycles. The molecule has 1 fully saturated rings. The Morgan fingerprint density at radius 2 is 1.79 bits per heavy atom. The molecular weight excluding hydrogens is 518 g/mol. The third kappa shape index (κ3) is 5.06. The van der Waals surface area contributed by atoms with Crippen molar-refractivity contribution in [1.82, 2.24) is 15.1 Å². The average molecular weight is 545 g/mol. The molecule has 0 spiro atoms. The van der Waals surface area contributed by atoms with Crippen LogP contribution >= 0.6 is 11.8 Å². The number of carbonyl (C=O) groups is 2. The predicted molar refractivity (Wildman–Crippen MR) is 148 cm³/mol. The number of aromatic nitrogens is 2. The van der Waals surface area contributed by atoms with Gasteiger partial charge in [0.15, 0.2) is 0 Å². The van der Waals surface area contributed by atoms with Gasteiger partial charge in [0.1, 0.15) is 24.0 Å². The van der Waals surface area contributed by atoms with Crippen LogP contribution in [0.4, 0.5) is 14.6 Å². The molecule has 2 amide bonds. The van der Waals surface area contributed by atoms with Gasteiger partial charge in [0, 0.05) is 28.8 Å². The van der Waals surface area contributed by atoms with Gasteiger partial charge in [-0.25, -0.2) is 13.5 Å². The van der Waals surface area contributed by atoms with Gasteiger partial charge in [-0.3, -0.25) is 14.5 Å². The van der Waals surface area contributed by atoms with Crippen molar-refractivity contribution in [3.05, 3.63) is 101 Å². The highest BCUT2D eigenvalue weighted by Gasteiger charge is 2.39. The van der Waals surface area contributed by atoms with Crippen LogP contribution in [-0.4, -0.2) is 39.9 Å². The SMILES string of the molecule is Cc1ccc(-n2nc(-c3ccccc3)c3c2N(CC(=O)NC2CC2)C(=O)CSC3c2ccc(F)cc2F)cc1. The van der Waals surface area contributed by atoms with Crippen molar-refractivity contribution in [3.63, 3.8) is 0 Å². The fourth-order valence-corrected chi connectivity index (χ4v) is 6.02. The Morgan fingerprint density at radius 1 is 1.05 bits per heavy atom. The molecular formula is C30H26F2N4O2S. The van der Waals surface area contributed by atoms with E-state index in [1.54, 1.807) is 4.68 Å². The summed E-state index contributed by atoms with van der Waals surface area (Å²) in [7, 11) is 0. The molecule has 39 heavy (non-hydrogen) atoms. The fourth-order valence-electron chi connectivity index (χ4n) is 4.80. The van der Waals surface area contributed by atoms with Crippen LogP contribution in [-0.2, 0) is 9.59 Å². The van der Waals surface area contributed by atoms with E-state index >= 15 is 4.39 Å². The van der Waals surface area contributed by atoms with Gasteiger partial charge in [0.05, 0.1) is 22.4 Å². The van der Waals surface area contributed by atoms with Crippen molar-refractivity contribution >= 4 is 29.4 Å². The number of anilines is 1. The van der Waals surface area contributed by atoms with Crippen molar-refractivity contribution in [2.45, 2.75) is 31.1 Å². The van der Waals surface area contributed by atoms with E-state index in [0.29, 0.717) is 22.8 Å². The smallest absolute Gasteiger partial charge is 0.240 e. The van der Waals surface area contributed by atoms with Gasteiger partial charge in [0.25, 0.3) is 0 Å². The van der Waals surface area contributed by atoms with Gasteiger partial charge in [-0.15, -0.1) is 11.8 Å².